The smallest absolute Gasteiger partial charge is 0.237 e. The molecule has 2 heterocycles. The number of carbonyl (C=O) groups is 2. The second-order valence-corrected chi connectivity index (χ2v) is 9.20. The number of rotatable bonds is 4. The highest BCUT2D eigenvalue weighted by molar-refractivity contribution is 6.30. The van der Waals surface area contributed by atoms with Gasteiger partial charge in [-0.05, 0) is 81.8 Å². The molecule has 0 aromatic heterocycles. The van der Waals surface area contributed by atoms with Crippen LogP contribution in [0.4, 0.5) is 0 Å². The van der Waals surface area contributed by atoms with Crippen molar-refractivity contribution in [1.82, 2.24) is 9.80 Å². The molecular weight excluding hydrogens is 372 g/mol. The van der Waals surface area contributed by atoms with Crippen molar-refractivity contribution in [1.29, 1.82) is 0 Å². The Hall–Kier alpha value is -1.39. The topological polar surface area (TPSA) is 40.6 Å². The van der Waals surface area contributed by atoms with Crippen LogP contribution in [0.1, 0.15) is 61.7 Å². The van der Waals surface area contributed by atoms with Gasteiger partial charge in [-0.3, -0.25) is 14.5 Å². The van der Waals surface area contributed by atoms with Gasteiger partial charge in [-0.25, -0.2) is 0 Å². The van der Waals surface area contributed by atoms with E-state index in [1.165, 1.54) is 32.1 Å². The second-order valence-electron chi connectivity index (χ2n) is 8.76. The number of Topliss-reactive ketones (excluding diaryl/α,β-unsaturated/α-hetero) is 1. The highest BCUT2D eigenvalue weighted by atomic mass is 35.5. The molecule has 2 saturated heterocycles. The molecule has 5 heteroatoms. The predicted octanol–water partition coefficient (Wildman–Crippen LogP) is 4.42. The quantitative estimate of drug-likeness (QED) is 0.700. The maximum Gasteiger partial charge on any atom is 0.237 e. The van der Waals surface area contributed by atoms with E-state index < -0.39 is 0 Å². The van der Waals surface area contributed by atoms with Gasteiger partial charge < -0.3 is 4.90 Å². The van der Waals surface area contributed by atoms with Crippen LogP contribution in [-0.4, -0.2) is 53.7 Å². The molecule has 0 spiro atoms. The highest BCUT2D eigenvalue weighted by Crippen LogP contribution is 2.35. The summed E-state index contributed by atoms with van der Waals surface area (Å²) >= 11 is 5.92. The number of likely N-dealkylation sites (tertiary alicyclic amines) is 2. The zero-order chi connectivity index (χ0) is 19.5. The second kappa shape index (κ2) is 8.96. The van der Waals surface area contributed by atoms with Crippen LogP contribution in [0.3, 0.4) is 0 Å². The highest BCUT2D eigenvalue weighted by Gasteiger charge is 2.36. The lowest BCUT2D eigenvalue weighted by Gasteiger charge is -2.45. The van der Waals surface area contributed by atoms with Crippen molar-refractivity contribution in [3.05, 3.63) is 34.9 Å². The van der Waals surface area contributed by atoms with E-state index in [-0.39, 0.29) is 11.7 Å². The van der Waals surface area contributed by atoms with Gasteiger partial charge in [0.1, 0.15) is 0 Å². The Labute approximate surface area is 173 Å². The van der Waals surface area contributed by atoms with Crippen LogP contribution in [0, 0.1) is 11.8 Å². The van der Waals surface area contributed by atoms with E-state index in [4.69, 9.17) is 11.6 Å². The van der Waals surface area contributed by atoms with Crippen molar-refractivity contribution >= 4 is 23.3 Å². The Morgan fingerprint density at radius 3 is 2.32 bits per heavy atom. The lowest BCUT2D eigenvalue weighted by atomic mass is 9.78. The Kier molecular flexibility index (Phi) is 6.37. The molecule has 2 unspecified atom stereocenters. The number of fused-ring (bicyclic) bond motifs is 1. The van der Waals surface area contributed by atoms with Crippen LogP contribution in [0.25, 0.3) is 0 Å². The summed E-state index contributed by atoms with van der Waals surface area (Å²) in [6, 6.07) is 7.67. The van der Waals surface area contributed by atoms with Crippen molar-refractivity contribution in [3.8, 4) is 0 Å². The van der Waals surface area contributed by atoms with Gasteiger partial charge in [-0.1, -0.05) is 24.4 Å². The normalized spacial score (nSPS) is 26.7. The molecule has 1 aliphatic carbocycles. The lowest BCUT2D eigenvalue weighted by molar-refractivity contribution is -0.139. The van der Waals surface area contributed by atoms with Crippen molar-refractivity contribution in [3.63, 3.8) is 0 Å². The van der Waals surface area contributed by atoms with E-state index in [1.807, 2.05) is 12.1 Å². The molecule has 1 saturated carbocycles. The first-order valence-corrected chi connectivity index (χ1v) is 11.3. The summed E-state index contributed by atoms with van der Waals surface area (Å²) in [6.45, 7) is 3.12. The molecule has 28 heavy (non-hydrogen) atoms. The van der Waals surface area contributed by atoms with Crippen molar-refractivity contribution in [2.45, 2.75) is 57.4 Å². The maximum absolute atomic E-state index is 13.0. The number of benzene rings is 1. The molecule has 152 valence electrons. The van der Waals surface area contributed by atoms with Crippen molar-refractivity contribution in [2.75, 3.05) is 26.2 Å². The number of carbonyl (C=O) groups excluding carboxylic acids is 2. The molecule has 2 aliphatic heterocycles. The van der Waals surface area contributed by atoms with E-state index >= 15 is 0 Å². The van der Waals surface area contributed by atoms with Gasteiger partial charge in [-0.2, -0.15) is 0 Å². The van der Waals surface area contributed by atoms with Gasteiger partial charge in [0.25, 0.3) is 0 Å². The van der Waals surface area contributed by atoms with Gasteiger partial charge in [0.2, 0.25) is 5.91 Å². The standard InChI is InChI=1S/C23H31ClN2O2/c24-20-9-7-18(8-10-20)23(28)19-11-14-25(15-12-19)16-22(27)26-13-3-5-17-4-1-2-6-21(17)26/h7-10,17,19,21H,1-6,11-16H2. The van der Waals surface area contributed by atoms with Crippen molar-refractivity contribution < 1.29 is 9.59 Å². The molecule has 4 rings (SSSR count). The van der Waals surface area contributed by atoms with E-state index in [2.05, 4.69) is 9.80 Å². The SMILES string of the molecule is O=C(c1ccc(Cl)cc1)C1CCN(CC(=O)N2CCCC3CCCCC32)CC1. The van der Waals surface area contributed by atoms with Crippen molar-refractivity contribution in [2.24, 2.45) is 11.8 Å². The summed E-state index contributed by atoms with van der Waals surface area (Å²) in [5.74, 6) is 1.31. The first-order chi connectivity index (χ1) is 13.6. The van der Waals surface area contributed by atoms with E-state index in [0.29, 0.717) is 23.5 Å². The third-order valence-corrected chi connectivity index (χ3v) is 7.26. The van der Waals surface area contributed by atoms with Gasteiger partial charge in [0.15, 0.2) is 5.78 Å². The molecule has 2 atom stereocenters. The van der Waals surface area contributed by atoms with Gasteiger partial charge in [0.05, 0.1) is 6.54 Å². The summed E-state index contributed by atoms with van der Waals surface area (Å²) in [4.78, 5) is 30.1. The van der Waals surface area contributed by atoms with Crippen LogP contribution >= 0.6 is 11.6 Å². The van der Waals surface area contributed by atoms with Crippen LogP contribution in [-0.2, 0) is 4.79 Å². The lowest BCUT2D eigenvalue weighted by Crippen LogP contribution is -2.53. The monoisotopic (exact) mass is 402 g/mol. The molecule has 0 bridgehead atoms. The fourth-order valence-electron chi connectivity index (χ4n) is 5.42. The number of piperidine rings is 2. The first-order valence-electron chi connectivity index (χ1n) is 10.9. The Balaban J connectivity index is 1.28. The number of nitrogens with zero attached hydrogens (tertiary/aromatic N) is 2. The minimum atomic E-state index is 0.0604. The van der Waals surface area contributed by atoms with Crippen LogP contribution in [0.15, 0.2) is 24.3 Å². The minimum Gasteiger partial charge on any atom is -0.338 e. The predicted molar refractivity (Wildman–Crippen MR) is 112 cm³/mol. The summed E-state index contributed by atoms with van der Waals surface area (Å²) in [7, 11) is 0. The van der Waals surface area contributed by atoms with Gasteiger partial charge in [0, 0.05) is 29.1 Å². The molecule has 0 N–H and O–H groups in total. The van der Waals surface area contributed by atoms with Gasteiger partial charge >= 0.3 is 0 Å². The van der Waals surface area contributed by atoms with E-state index in [1.54, 1.807) is 12.1 Å². The number of ketones is 1. The molecule has 4 nitrogen and oxygen atoms in total. The van der Waals surface area contributed by atoms with Crippen LogP contribution in [0.5, 0.6) is 0 Å². The molecule has 0 radical (unpaired) electrons. The van der Waals surface area contributed by atoms with Gasteiger partial charge in [-0.15, -0.1) is 0 Å². The summed E-state index contributed by atoms with van der Waals surface area (Å²) in [6.07, 6.45) is 9.21. The molecule has 1 amide bonds. The molecule has 1 aromatic carbocycles. The van der Waals surface area contributed by atoms with Crippen LogP contribution in [0.2, 0.25) is 5.02 Å². The fourth-order valence-corrected chi connectivity index (χ4v) is 5.55. The molecule has 3 aliphatic rings. The molecule has 3 fully saturated rings. The zero-order valence-corrected chi connectivity index (χ0v) is 17.4. The Bertz CT molecular complexity index is 695. The zero-order valence-electron chi connectivity index (χ0n) is 16.6. The average molecular weight is 403 g/mol. The Morgan fingerprint density at radius 2 is 1.57 bits per heavy atom. The number of halogens is 1. The average Bonchev–Trinajstić information content (AvgIpc) is 2.74. The van der Waals surface area contributed by atoms with E-state index in [9.17, 15) is 9.59 Å². The first kappa shape index (κ1) is 19.9. The largest absolute Gasteiger partial charge is 0.338 e. The third-order valence-electron chi connectivity index (χ3n) is 7.01. The van der Waals surface area contributed by atoms with E-state index in [0.717, 1.165) is 50.4 Å². The number of hydrogen-bond donors (Lipinski definition) is 0. The summed E-state index contributed by atoms with van der Waals surface area (Å²) < 4.78 is 0. The fraction of sp³-hybridized carbons (Fsp3) is 0.652. The number of hydrogen-bond acceptors (Lipinski definition) is 3. The molecule has 1 aromatic rings. The van der Waals surface area contributed by atoms with Crippen LogP contribution < -0.4 is 0 Å². The maximum atomic E-state index is 13.0. The Morgan fingerprint density at radius 1 is 0.893 bits per heavy atom. The molecular formula is C23H31ClN2O2. The number of amides is 1. The summed E-state index contributed by atoms with van der Waals surface area (Å²) in [5.41, 5.74) is 0.746. The third kappa shape index (κ3) is 4.44. The summed E-state index contributed by atoms with van der Waals surface area (Å²) in [5, 5.41) is 0.655. The minimum absolute atomic E-state index is 0.0604.